The van der Waals surface area contributed by atoms with E-state index in [1.807, 2.05) is 0 Å². The zero-order valence-electron chi connectivity index (χ0n) is 20.1. The summed E-state index contributed by atoms with van der Waals surface area (Å²) in [6.07, 6.45) is -3.56. The van der Waals surface area contributed by atoms with Crippen LogP contribution in [-0.2, 0) is 14.4 Å². The number of aliphatic hydroxyl groups is 4. The van der Waals surface area contributed by atoms with Crippen molar-refractivity contribution in [3.63, 3.8) is 0 Å². The second-order valence-electron chi connectivity index (χ2n) is 10.3. The summed E-state index contributed by atoms with van der Waals surface area (Å²) < 4.78 is 10.7. The molecule has 0 radical (unpaired) electrons. The van der Waals surface area contributed by atoms with Crippen LogP contribution in [0.5, 0.6) is 17.2 Å². The van der Waals surface area contributed by atoms with Crippen molar-refractivity contribution in [3.8, 4) is 28.4 Å². The van der Waals surface area contributed by atoms with Gasteiger partial charge in [0.15, 0.2) is 22.9 Å². The topological polar surface area (TPSA) is 197 Å². The molecular formula is C27H25NO10. The zero-order chi connectivity index (χ0) is 27.3. The van der Waals surface area contributed by atoms with E-state index >= 15 is 0 Å². The Labute approximate surface area is 215 Å². The fraction of sp³-hybridized carbons (Fsp3) is 0.370. The van der Waals surface area contributed by atoms with Gasteiger partial charge in [0.05, 0.1) is 17.8 Å². The number of ketones is 2. The highest BCUT2D eigenvalue weighted by Crippen LogP contribution is 2.56. The average Bonchev–Trinajstić information content (AvgIpc) is 3.34. The fourth-order valence-corrected chi connectivity index (χ4v) is 6.60. The molecule has 11 heteroatoms. The van der Waals surface area contributed by atoms with Crippen molar-refractivity contribution in [1.29, 1.82) is 0 Å². The SMILES string of the molecule is C[C@H]1c2ccc(-c3ccc4c(c3)OCO4)c(O)c2C(O)=C2C(=O)[C@]3(O)C(=O)C(C(N)=O)C(O)C[C@@H]3[C@@H](O)[C@@H]21. The van der Waals surface area contributed by atoms with Crippen LogP contribution in [0.2, 0.25) is 0 Å². The first-order valence-electron chi connectivity index (χ1n) is 12.1. The third-order valence-corrected chi connectivity index (χ3v) is 8.50. The number of Topliss-reactive ketones (excluding diaryl/α,β-unsaturated/α-hetero) is 2. The molecule has 4 aliphatic rings. The van der Waals surface area contributed by atoms with Gasteiger partial charge in [0.2, 0.25) is 18.5 Å². The van der Waals surface area contributed by atoms with Gasteiger partial charge in [-0.3, -0.25) is 14.4 Å². The van der Waals surface area contributed by atoms with Gasteiger partial charge in [-0.15, -0.1) is 0 Å². The van der Waals surface area contributed by atoms with E-state index in [2.05, 4.69) is 0 Å². The van der Waals surface area contributed by atoms with Crippen molar-refractivity contribution in [3.05, 3.63) is 47.0 Å². The second kappa shape index (κ2) is 8.03. The molecule has 2 saturated carbocycles. The molecule has 1 aliphatic heterocycles. The number of phenols is 1. The number of aliphatic hydroxyl groups excluding tert-OH is 3. The van der Waals surface area contributed by atoms with Crippen LogP contribution >= 0.6 is 0 Å². The van der Waals surface area contributed by atoms with E-state index in [1.54, 1.807) is 37.3 Å². The average molecular weight is 523 g/mol. The fourth-order valence-electron chi connectivity index (χ4n) is 6.60. The maximum Gasteiger partial charge on any atom is 0.231 e. The van der Waals surface area contributed by atoms with Gasteiger partial charge in [-0.1, -0.05) is 25.1 Å². The molecule has 1 amide bonds. The molecule has 198 valence electrons. The largest absolute Gasteiger partial charge is 0.507 e. The number of benzene rings is 2. The van der Waals surface area contributed by atoms with Crippen molar-refractivity contribution in [2.75, 3.05) is 6.79 Å². The van der Waals surface area contributed by atoms with Crippen LogP contribution in [0.3, 0.4) is 0 Å². The minimum atomic E-state index is -2.89. The van der Waals surface area contributed by atoms with Crippen molar-refractivity contribution in [2.45, 2.75) is 37.1 Å². The summed E-state index contributed by atoms with van der Waals surface area (Å²) in [6, 6.07) is 8.31. The molecule has 3 aliphatic carbocycles. The third kappa shape index (κ3) is 2.97. The lowest BCUT2D eigenvalue weighted by molar-refractivity contribution is -0.186. The van der Waals surface area contributed by atoms with Gasteiger partial charge in [0.25, 0.3) is 0 Å². The Balaban J connectivity index is 1.52. The van der Waals surface area contributed by atoms with Crippen LogP contribution in [0.15, 0.2) is 35.9 Å². The van der Waals surface area contributed by atoms with Gasteiger partial charge >= 0.3 is 0 Å². The smallest absolute Gasteiger partial charge is 0.231 e. The minimum absolute atomic E-state index is 0.0570. The van der Waals surface area contributed by atoms with Gasteiger partial charge in [-0.25, -0.2) is 0 Å². The number of amides is 1. The number of carbonyl (C=O) groups excluding carboxylic acids is 3. The van der Waals surface area contributed by atoms with E-state index in [0.29, 0.717) is 28.2 Å². The molecule has 7 N–H and O–H groups in total. The number of carbonyl (C=O) groups is 3. The molecular weight excluding hydrogens is 498 g/mol. The van der Waals surface area contributed by atoms with E-state index in [-0.39, 0.29) is 18.1 Å². The van der Waals surface area contributed by atoms with Crippen LogP contribution < -0.4 is 15.2 Å². The van der Waals surface area contributed by atoms with Gasteiger partial charge in [-0.2, -0.15) is 0 Å². The van der Waals surface area contributed by atoms with Crippen molar-refractivity contribution < 1.29 is 49.4 Å². The molecule has 11 nitrogen and oxygen atoms in total. The van der Waals surface area contributed by atoms with Crippen molar-refractivity contribution in [1.82, 2.24) is 0 Å². The molecule has 0 aromatic heterocycles. The summed E-state index contributed by atoms with van der Waals surface area (Å²) >= 11 is 0. The number of phenolic OH excluding ortho intramolecular Hbond substituents is 1. The van der Waals surface area contributed by atoms with Crippen molar-refractivity contribution >= 4 is 23.2 Å². The minimum Gasteiger partial charge on any atom is -0.507 e. The molecule has 6 rings (SSSR count). The van der Waals surface area contributed by atoms with Gasteiger partial charge in [0, 0.05) is 23.0 Å². The lowest BCUT2D eigenvalue weighted by Crippen LogP contribution is -2.70. The third-order valence-electron chi connectivity index (χ3n) is 8.50. The predicted octanol–water partition coefficient (Wildman–Crippen LogP) is 0.516. The Morgan fingerprint density at radius 3 is 2.50 bits per heavy atom. The van der Waals surface area contributed by atoms with Gasteiger partial charge in [-0.05, 0) is 35.6 Å². The Morgan fingerprint density at radius 2 is 1.79 bits per heavy atom. The van der Waals surface area contributed by atoms with Gasteiger partial charge in [0.1, 0.15) is 17.4 Å². The number of rotatable bonds is 2. The normalized spacial score (nSPS) is 33.5. The summed E-state index contributed by atoms with van der Waals surface area (Å²) in [4.78, 5) is 38.8. The number of hydrogen-bond acceptors (Lipinski definition) is 10. The lowest BCUT2D eigenvalue weighted by Gasteiger charge is -2.52. The van der Waals surface area contributed by atoms with Gasteiger partial charge < -0.3 is 40.7 Å². The standard InChI is InChI=1S/C27H25NO10/c1-9-11-3-4-12(10-2-5-15-16(6-10)38-8-37-15)21(30)18(11)23(32)20-17(9)22(31)13-7-14(29)19(26(28)35)24(33)27(13,36)25(20)34/h2-6,9,13-14,17,19,22,29-32,36H,7-8H2,1H3,(H2,28,35)/t9-,13+,14?,17+,19?,22+,27+/m0/s1. The molecule has 2 unspecified atom stereocenters. The number of aromatic hydroxyl groups is 1. The Kier molecular flexibility index (Phi) is 5.16. The van der Waals surface area contributed by atoms with Crippen LogP contribution in [0.1, 0.15) is 30.4 Å². The van der Waals surface area contributed by atoms with E-state index in [4.69, 9.17) is 15.2 Å². The monoisotopic (exact) mass is 523 g/mol. The Bertz CT molecular complexity index is 1460. The maximum absolute atomic E-state index is 13.8. The zero-order valence-corrected chi connectivity index (χ0v) is 20.1. The Morgan fingerprint density at radius 1 is 1.08 bits per heavy atom. The van der Waals surface area contributed by atoms with E-state index in [9.17, 15) is 39.9 Å². The second-order valence-corrected chi connectivity index (χ2v) is 10.3. The number of nitrogens with two attached hydrogens (primary N) is 1. The highest BCUT2D eigenvalue weighted by molar-refractivity contribution is 6.25. The van der Waals surface area contributed by atoms with Crippen LogP contribution in [0.25, 0.3) is 16.9 Å². The summed E-state index contributed by atoms with van der Waals surface area (Å²) in [5.41, 5.74) is 3.16. The molecule has 0 saturated heterocycles. The van der Waals surface area contributed by atoms with E-state index < -0.39 is 76.7 Å². The summed E-state index contributed by atoms with van der Waals surface area (Å²) in [5, 5.41) is 55.8. The van der Waals surface area contributed by atoms with Crippen LogP contribution in [0, 0.1) is 17.8 Å². The molecule has 38 heavy (non-hydrogen) atoms. The molecule has 1 heterocycles. The van der Waals surface area contributed by atoms with Crippen LogP contribution in [0.4, 0.5) is 0 Å². The Hall–Kier alpha value is -3.93. The number of hydrogen-bond donors (Lipinski definition) is 6. The summed E-state index contributed by atoms with van der Waals surface area (Å²) in [5.74, 6) is -8.75. The van der Waals surface area contributed by atoms with E-state index in [0.717, 1.165) is 0 Å². The molecule has 0 bridgehead atoms. The summed E-state index contributed by atoms with van der Waals surface area (Å²) in [7, 11) is 0. The molecule has 2 aromatic carbocycles. The number of fused-ring (bicyclic) bond motifs is 4. The quantitative estimate of drug-likeness (QED) is 0.302. The van der Waals surface area contributed by atoms with Crippen molar-refractivity contribution in [2.24, 2.45) is 23.5 Å². The first-order chi connectivity index (χ1) is 18.0. The first kappa shape index (κ1) is 24.4. The lowest BCUT2D eigenvalue weighted by atomic mass is 9.53. The molecule has 2 aromatic rings. The summed E-state index contributed by atoms with van der Waals surface area (Å²) in [6.45, 7) is 1.74. The molecule has 0 spiro atoms. The highest BCUT2D eigenvalue weighted by atomic mass is 16.7. The molecule has 7 atom stereocenters. The highest BCUT2D eigenvalue weighted by Gasteiger charge is 2.67. The maximum atomic E-state index is 13.8. The predicted molar refractivity (Wildman–Crippen MR) is 129 cm³/mol. The first-order valence-corrected chi connectivity index (χ1v) is 12.1. The number of primary amides is 1. The molecule has 2 fully saturated rings. The number of ether oxygens (including phenoxy) is 2. The van der Waals surface area contributed by atoms with E-state index in [1.165, 1.54) is 0 Å². The van der Waals surface area contributed by atoms with Crippen LogP contribution in [-0.4, -0.2) is 67.6 Å².